The summed E-state index contributed by atoms with van der Waals surface area (Å²) < 4.78 is 30.4. The largest absolute Gasteiger partial charge is 0.477 e. The zero-order chi connectivity index (χ0) is 18.9. The van der Waals surface area contributed by atoms with E-state index in [4.69, 9.17) is 14.8 Å². The summed E-state index contributed by atoms with van der Waals surface area (Å²) in [4.78, 5) is 10.00. The number of hydrogen-bond donors (Lipinski definition) is 4. The summed E-state index contributed by atoms with van der Waals surface area (Å²) >= 11 is 0. The van der Waals surface area contributed by atoms with Gasteiger partial charge in [-0.15, -0.1) is 0 Å². The van der Waals surface area contributed by atoms with E-state index < -0.39 is 27.9 Å². The number of quaternary nitrogens is 2. The SMILES string of the molecule is C[N+](C)(C)CC(=O)O.C[N+](C)(CCCO)CC(O)CS(=O)(=O)O. The molecule has 0 amide bonds. The van der Waals surface area contributed by atoms with Gasteiger partial charge >= 0.3 is 5.97 Å². The van der Waals surface area contributed by atoms with E-state index in [-0.39, 0.29) is 19.7 Å². The molecule has 4 N–H and O–H groups in total. The molecule has 0 bridgehead atoms. The summed E-state index contributed by atoms with van der Waals surface area (Å²) in [5.74, 6) is -1.40. The molecule has 0 aromatic heterocycles. The van der Waals surface area contributed by atoms with Crippen molar-refractivity contribution in [1.82, 2.24) is 0 Å². The van der Waals surface area contributed by atoms with Gasteiger partial charge < -0.3 is 24.3 Å². The first kappa shape index (κ1) is 24.5. The van der Waals surface area contributed by atoms with Gasteiger partial charge in [0.1, 0.15) is 18.4 Å². The molecule has 0 spiro atoms. The van der Waals surface area contributed by atoms with Crippen LogP contribution in [0.2, 0.25) is 0 Å². The Morgan fingerprint density at radius 3 is 1.87 bits per heavy atom. The summed E-state index contributed by atoms with van der Waals surface area (Å²) in [5.41, 5.74) is 0. The lowest BCUT2D eigenvalue weighted by atomic mass is 10.3. The third-order valence-corrected chi connectivity index (χ3v) is 3.45. The average molecular weight is 360 g/mol. The number of hydrogen-bond acceptors (Lipinski definition) is 5. The number of aliphatic hydroxyl groups is 2. The quantitative estimate of drug-likeness (QED) is 0.290. The number of aliphatic hydroxyl groups excluding tert-OH is 2. The number of carboxylic acid groups (broad SMARTS) is 1. The molecule has 10 heteroatoms. The summed E-state index contributed by atoms with van der Waals surface area (Å²) in [7, 11) is 5.04. The molecule has 0 heterocycles. The van der Waals surface area contributed by atoms with Crippen molar-refractivity contribution < 1.29 is 42.1 Å². The standard InChI is InChI=1S/C8H19NO5S.C5H11NO2/c1-9(2,4-3-5-10)6-8(11)7-15(12,13)14;1-6(2,3)4-5(7)8/h8,10-11H,3-7H2,1-2H3;4H2,1-3H3/p+2. The lowest BCUT2D eigenvalue weighted by Gasteiger charge is -2.31. The van der Waals surface area contributed by atoms with Gasteiger partial charge in [-0.05, 0) is 0 Å². The Labute approximate surface area is 138 Å². The van der Waals surface area contributed by atoms with Gasteiger partial charge in [0.15, 0.2) is 6.54 Å². The molecule has 9 nitrogen and oxygen atoms in total. The van der Waals surface area contributed by atoms with Crippen LogP contribution in [-0.4, -0.2) is 117 Å². The highest BCUT2D eigenvalue weighted by Gasteiger charge is 2.23. The average Bonchev–Trinajstić information content (AvgIpc) is 2.19. The number of carboxylic acids is 1. The first-order chi connectivity index (χ1) is 10.1. The predicted octanol–water partition coefficient (Wildman–Crippen LogP) is -1.53. The van der Waals surface area contributed by atoms with E-state index in [0.717, 1.165) is 0 Å². The van der Waals surface area contributed by atoms with Gasteiger partial charge in [0.05, 0.1) is 41.8 Å². The first-order valence-corrected chi connectivity index (χ1v) is 8.77. The van der Waals surface area contributed by atoms with Gasteiger partial charge in [0.25, 0.3) is 10.1 Å². The Bertz CT molecular complexity index is 444. The Hall–Kier alpha value is -0.780. The van der Waals surface area contributed by atoms with Gasteiger partial charge in [-0.25, -0.2) is 4.79 Å². The van der Waals surface area contributed by atoms with Crippen LogP contribution in [0.15, 0.2) is 0 Å². The highest BCUT2D eigenvalue weighted by molar-refractivity contribution is 7.85. The molecule has 0 aliphatic carbocycles. The molecule has 0 aromatic carbocycles. The van der Waals surface area contributed by atoms with Crippen LogP contribution in [0, 0.1) is 0 Å². The molecule has 23 heavy (non-hydrogen) atoms. The number of rotatable bonds is 9. The van der Waals surface area contributed by atoms with Crippen LogP contribution >= 0.6 is 0 Å². The van der Waals surface area contributed by atoms with Gasteiger partial charge in [0.2, 0.25) is 0 Å². The third kappa shape index (κ3) is 21.2. The van der Waals surface area contributed by atoms with E-state index >= 15 is 0 Å². The molecular formula is C13H32N2O7S+2. The fourth-order valence-corrected chi connectivity index (χ4v) is 2.45. The zero-order valence-corrected chi connectivity index (χ0v) is 15.5. The molecule has 0 aliphatic rings. The number of carbonyl (C=O) groups is 1. The lowest BCUT2D eigenvalue weighted by Crippen LogP contribution is -2.47. The lowest BCUT2D eigenvalue weighted by molar-refractivity contribution is -0.893. The first-order valence-electron chi connectivity index (χ1n) is 7.16. The Morgan fingerprint density at radius 2 is 1.61 bits per heavy atom. The van der Waals surface area contributed by atoms with Crippen LogP contribution in [0.25, 0.3) is 0 Å². The molecule has 140 valence electrons. The maximum atomic E-state index is 10.5. The van der Waals surface area contributed by atoms with Crippen LogP contribution in [0.4, 0.5) is 0 Å². The van der Waals surface area contributed by atoms with E-state index in [1.54, 1.807) is 0 Å². The Kier molecular flexibility index (Phi) is 10.8. The van der Waals surface area contributed by atoms with Crippen LogP contribution < -0.4 is 0 Å². The molecule has 1 atom stereocenters. The number of likely N-dealkylation sites (N-methyl/N-ethyl adjacent to an activating group) is 2. The summed E-state index contributed by atoms with van der Waals surface area (Å²) in [6, 6.07) is 0. The van der Waals surface area contributed by atoms with Crippen molar-refractivity contribution in [1.29, 1.82) is 0 Å². The van der Waals surface area contributed by atoms with Gasteiger partial charge in [0, 0.05) is 13.0 Å². The monoisotopic (exact) mass is 360 g/mol. The minimum atomic E-state index is -4.13. The van der Waals surface area contributed by atoms with E-state index in [0.29, 0.717) is 21.9 Å². The van der Waals surface area contributed by atoms with E-state index in [9.17, 15) is 18.3 Å². The topological polar surface area (TPSA) is 132 Å². The van der Waals surface area contributed by atoms with Gasteiger partial charge in [-0.1, -0.05) is 0 Å². The van der Waals surface area contributed by atoms with E-state index in [1.165, 1.54) is 0 Å². The Morgan fingerprint density at radius 1 is 1.13 bits per heavy atom. The van der Waals surface area contributed by atoms with Crippen molar-refractivity contribution in [3.8, 4) is 0 Å². The normalized spacial score (nSPS) is 13.9. The highest BCUT2D eigenvalue weighted by Crippen LogP contribution is 2.03. The minimum Gasteiger partial charge on any atom is -0.477 e. The van der Waals surface area contributed by atoms with Crippen molar-refractivity contribution >= 4 is 16.1 Å². The Balaban J connectivity index is 0. The molecule has 0 radical (unpaired) electrons. The van der Waals surface area contributed by atoms with Crippen LogP contribution in [0.5, 0.6) is 0 Å². The molecule has 0 rings (SSSR count). The molecular weight excluding hydrogens is 328 g/mol. The molecule has 0 aromatic rings. The maximum absolute atomic E-state index is 10.5. The molecule has 0 saturated heterocycles. The molecule has 1 unspecified atom stereocenters. The van der Waals surface area contributed by atoms with Crippen molar-refractivity contribution in [2.45, 2.75) is 12.5 Å². The molecule has 0 aliphatic heterocycles. The summed E-state index contributed by atoms with van der Waals surface area (Å²) in [5, 5.41) is 26.3. The number of aliphatic carboxylic acids is 1. The van der Waals surface area contributed by atoms with E-state index in [2.05, 4.69) is 0 Å². The maximum Gasteiger partial charge on any atom is 0.359 e. The zero-order valence-electron chi connectivity index (χ0n) is 14.6. The second kappa shape index (κ2) is 10.2. The second-order valence-corrected chi connectivity index (χ2v) is 8.66. The van der Waals surface area contributed by atoms with Crippen molar-refractivity contribution in [2.24, 2.45) is 0 Å². The smallest absolute Gasteiger partial charge is 0.359 e. The van der Waals surface area contributed by atoms with Gasteiger partial charge in [-0.3, -0.25) is 4.55 Å². The van der Waals surface area contributed by atoms with E-state index in [1.807, 2.05) is 35.2 Å². The summed E-state index contributed by atoms with van der Waals surface area (Å²) in [6.45, 7) is 1.11. The number of nitrogens with zero attached hydrogens (tertiary/aromatic N) is 2. The van der Waals surface area contributed by atoms with Gasteiger partial charge in [-0.2, -0.15) is 8.42 Å². The van der Waals surface area contributed by atoms with Crippen molar-refractivity contribution in [3.63, 3.8) is 0 Å². The molecule has 0 saturated carbocycles. The van der Waals surface area contributed by atoms with Crippen molar-refractivity contribution in [2.75, 3.05) is 67.2 Å². The molecule has 0 fully saturated rings. The third-order valence-electron chi connectivity index (χ3n) is 2.64. The highest BCUT2D eigenvalue weighted by atomic mass is 32.2. The fraction of sp³-hybridized carbons (Fsp3) is 0.923. The minimum absolute atomic E-state index is 0.0655. The van der Waals surface area contributed by atoms with Crippen LogP contribution in [0.1, 0.15) is 6.42 Å². The summed E-state index contributed by atoms with van der Waals surface area (Å²) in [6.07, 6.45) is -0.500. The fourth-order valence-electron chi connectivity index (χ4n) is 1.86. The van der Waals surface area contributed by atoms with Crippen molar-refractivity contribution in [3.05, 3.63) is 0 Å². The van der Waals surface area contributed by atoms with Crippen LogP contribution in [0.3, 0.4) is 0 Å². The second-order valence-electron chi connectivity index (χ2n) is 7.16. The predicted molar refractivity (Wildman–Crippen MR) is 86.5 cm³/mol. The van der Waals surface area contributed by atoms with Crippen LogP contribution in [-0.2, 0) is 14.9 Å².